The molecule has 3 heterocycles. The van der Waals surface area contributed by atoms with Crippen LogP contribution >= 0.6 is 0 Å². The van der Waals surface area contributed by atoms with Crippen LogP contribution in [0.4, 0.5) is 4.39 Å². The van der Waals surface area contributed by atoms with Crippen molar-refractivity contribution in [3.05, 3.63) is 94.7 Å². The molecule has 1 aromatic carbocycles. The molecule has 7 nitrogen and oxygen atoms in total. The molecule has 0 unspecified atom stereocenters. The summed E-state index contributed by atoms with van der Waals surface area (Å²) < 4.78 is 17.4. The maximum Gasteiger partial charge on any atom is 0.265 e. The maximum atomic E-state index is 14.2. The van der Waals surface area contributed by atoms with Crippen LogP contribution in [-0.2, 0) is 13.1 Å². The van der Waals surface area contributed by atoms with Crippen molar-refractivity contribution in [1.82, 2.24) is 24.4 Å². The Labute approximate surface area is 171 Å². The van der Waals surface area contributed by atoms with Gasteiger partial charge in [0.2, 0.25) is 0 Å². The number of nitrogens with zero attached hydrogens (tertiary/aromatic N) is 4. The SMILES string of the molecule is O=C(NCCCn1ccnc1)c1cc2cccnc2n(Cc2ccccc2F)c1=O. The van der Waals surface area contributed by atoms with E-state index in [4.69, 9.17) is 0 Å². The molecule has 0 radical (unpaired) electrons. The van der Waals surface area contributed by atoms with Crippen LogP contribution in [0, 0.1) is 5.82 Å². The normalized spacial score (nSPS) is 11.0. The molecule has 0 aliphatic carbocycles. The van der Waals surface area contributed by atoms with E-state index in [1.54, 1.807) is 49.1 Å². The number of halogens is 1. The van der Waals surface area contributed by atoms with Crippen molar-refractivity contribution < 1.29 is 9.18 Å². The van der Waals surface area contributed by atoms with Gasteiger partial charge in [0.25, 0.3) is 11.5 Å². The van der Waals surface area contributed by atoms with Crippen molar-refractivity contribution in [1.29, 1.82) is 0 Å². The van der Waals surface area contributed by atoms with Crippen LogP contribution < -0.4 is 10.9 Å². The van der Waals surface area contributed by atoms with Gasteiger partial charge in [0.1, 0.15) is 17.0 Å². The molecule has 0 atom stereocenters. The molecule has 0 spiro atoms. The zero-order valence-corrected chi connectivity index (χ0v) is 16.2. The third kappa shape index (κ3) is 4.12. The second kappa shape index (κ2) is 8.69. The third-order valence-electron chi connectivity index (χ3n) is 4.82. The van der Waals surface area contributed by atoms with E-state index in [1.807, 2.05) is 10.8 Å². The first kappa shape index (κ1) is 19.5. The van der Waals surface area contributed by atoms with Crippen LogP contribution in [0.1, 0.15) is 22.3 Å². The number of hydrogen-bond acceptors (Lipinski definition) is 4. The Morgan fingerprint density at radius 1 is 1.13 bits per heavy atom. The highest BCUT2D eigenvalue weighted by Gasteiger charge is 2.17. The molecular formula is C22H20FN5O2. The van der Waals surface area contributed by atoms with Crippen LogP contribution in [0.25, 0.3) is 11.0 Å². The summed E-state index contributed by atoms with van der Waals surface area (Å²) in [4.78, 5) is 34.0. The van der Waals surface area contributed by atoms with E-state index in [1.165, 1.54) is 16.7 Å². The molecule has 1 N–H and O–H groups in total. The molecule has 0 aliphatic heterocycles. The molecule has 0 bridgehead atoms. The lowest BCUT2D eigenvalue weighted by molar-refractivity contribution is 0.0951. The number of aromatic nitrogens is 4. The van der Waals surface area contributed by atoms with Gasteiger partial charge in [-0.05, 0) is 30.7 Å². The molecule has 0 saturated carbocycles. The number of nitrogens with one attached hydrogen (secondary N) is 1. The van der Waals surface area contributed by atoms with E-state index in [0.29, 0.717) is 36.1 Å². The van der Waals surface area contributed by atoms with E-state index in [2.05, 4.69) is 15.3 Å². The van der Waals surface area contributed by atoms with Gasteiger partial charge in [0, 0.05) is 42.6 Å². The number of pyridine rings is 2. The van der Waals surface area contributed by atoms with Crippen LogP contribution in [0.2, 0.25) is 0 Å². The summed E-state index contributed by atoms with van der Waals surface area (Å²) in [6.45, 7) is 1.11. The van der Waals surface area contributed by atoms with Crippen molar-refractivity contribution in [2.24, 2.45) is 0 Å². The fourth-order valence-corrected chi connectivity index (χ4v) is 3.29. The molecule has 1 amide bonds. The Morgan fingerprint density at radius 3 is 2.80 bits per heavy atom. The van der Waals surface area contributed by atoms with E-state index in [0.717, 1.165) is 0 Å². The van der Waals surface area contributed by atoms with Gasteiger partial charge in [0.05, 0.1) is 12.9 Å². The van der Waals surface area contributed by atoms with Crippen molar-refractivity contribution in [3.8, 4) is 0 Å². The van der Waals surface area contributed by atoms with Gasteiger partial charge in [-0.3, -0.25) is 14.2 Å². The van der Waals surface area contributed by atoms with Crippen LogP contribution in [-0.4, -0.2) is 31.6 Å². The summed E-state index contributed by atoms with van der Waals surface area (Å²) in [6, 6.07) is 11.3. The van der Waals surface area contributed by atoms with Crippen molar-refractivity contribution >= 4 is 16.9 Å². The average Bonchev–Trinajstić information content (AvgIpc) is 3.28. The van der Waals surface area contributed by atoms with Gasteiger partial charge in [-0.2, -0.15) is 0 Å². The number of rotatable bonds is 7. The molecule has 0 aliphatic rings. The number of benzene rings is 1. The highest BCUT2D eigenvalue weighted by atomic mass is 19.1. The Bertz CT molecular complexity index is 1230. The second-order valence-electron chi connectivity index (χ2n) is 6.87. The molecule has 8 heteroatoms. The molecule has 152 valence electrons. The highest BCUT2D eigenvalue weighted by Crippen LogP contribution is 2.14. The average molecular weight is 405 g/mol. The number of carbonyl (C=O) groups excluding carboxylic acids is 1. The second-order valence-corrected chi connectivity index (χ2v) is 6.87. The van der Waals surface area contributed by atoms with Crippen molar-refractivity contribution in [2.45, 2.75) is 19.5 Å². The quantitative estimate of drug-likeness (QED) is 0.479. The number of carbonyl (C=O) groups is 1. The Hall–Kier alpha value is -3.81. The summed E-state index contributed by atoms with van der Waals surface area (Å²) in [6.07, 6.45) is 7.51. The van der Waals surface area contributed by atoms with Crippen LogP contribution in [0.5, 0.6) is 0 Å². The zero-order valence-electron chi connectivity index (χ0n) is 16.2. The summed E-state index contributed by atoms with van der Waals surface area (Å²) in [5, 5.41) is 3.43. The van der Waals surface area contributed by atoms with E-state index in [9.17, 15) is 14.0 Å². The Balaban J connectivity index is 1.60. The van der Waals surface area contributed by atoms with E-state index < -0.39 is 17.3 Å². The lowest BCUT2D eigenvalue weighted by atomic mass is 10.1. The lowest BCUT2D eigenvalue weighted by Gasteiger charge is -2.13. The number of amides is 1. The topological polar surface area (TPSA) is 81.8 Å². The van der Waals surface area contributed by atoms with Crippen molar-refractivity contribution in [2.75, 3.05) is 6.54 Å². The monoisotopic (exact) mass is 405 g/mol. The van der Waals surface area contributed by atoms with Crippen LogP contribution in [0.3, 0.4) is 0 Å². The van der Waals surface area contributed by atoms with E-state index >= 15 is 0 Å². The minimum Gasteiger partial charge on any atom is -0.352 e. The molecule has 0 saturated heterocycles. The smallest absolute Gasteiger partial charge is 0.265 e. The fraction of sp³-hybridized carbons (Fsp3) is 0.182. The highest BCUT2D eigenvalue weighted by molar-refractivity contribution is 5.96. The number of imidazole rings is 1. The zero-order chi connectivity index (χ0) is 20.9. The molecule has 3 aromatic heterocycles. The molecule has 30 heavy (non-hydrogen) atoms. The largest absolute Gasteiger partial charge is 0.352 e. The standard InChI is InChI=1S/C22H20FN5O2/c23-19-7-2-1-5-17(19)14-28-20-16(6-3-8-25-20)13-18(22(28)30)21(29)26-9-4-11-27-12-10-24-15-27/h1-3,5-8,10,12-13,15H,4,9,11,14H2,(H,26,29). The first-order valence-corrected chi connectivity index (χ1v) is 9.59. The first-order chi connectivity index (χ1) is 14.6. The third-order valence-corrected chi connectivity index (χ3v) is 4.82. The molecule has 4 rings (SSSR count). The van der Waals surface area contributed by atoms with Gasteiger partial charge < -0.3 is 9.88 Å². The number of hydrogen-bond donors (Lipinski definition) is 1. The van der Waals surface area contributed by atoms with Crippen LogP contribution in [0.15, 0.2) is 72.2 Å². The number of fused-ring (bicyclic) bond motifs is 1. The molecule has 0 fully saturated rings. The molecule has 4 aromatic rings. The van der Waals surface area contributed by atoms with Gasteiger partial charge in [-0.25, -0.2) is 14.4 Å². The number of aryl methyl sites for hydroxylation is 1. The van der Waals surface area contributed by atoms with E-state index in [-0.39, 0.29) is 12.1 Å². The van der Waals surface area contributed by atoms with Gasteiger partial charge >= 0.3 is 0 Å². The van der Waals surface area contributed by atoms with Gasteiger partial charge in [0.15, 0.2) is 0 Å². The summed E-state index contributed by atoms with van der Waals surface area (Å²) in [5.74, 6) is -0.874. The minimum absolute atomic E-state index is 0.00877. The lowest BCUT2D eigenvalue weighted by Crippen LogP contribution is -2.34. The molecular weight excluding hydrogens is 385 g/mol. The fourth-order valence-electron chi connectivity index (χ4n) is 3.29. The van der Waals surface area contributed by atoms with Crippen molar-refractivity contribution in [3.63, 3.8) is 0 Å². The summed E-state index contributed by atoms with van der Waals surface area (Å²) in [5.41, 5.74) is 0.262. The van der Waals surface area contributed by atoms with Gasteiger partial charge in [-0.15, -0.1) is 0 Å². The summed E-state index contributed by atoms with van der Waals surface area (Å²) >= 11 is 0. The predicted octanol–water partition coefficient (Wildman–Crippen LogP) is 2.60. The summed E-state index contributed by atoms with van der Waals surface area (Å²) in [7, 11) is 0. The van der Waals surface area contributed by atoms with Gasteiger partial charge in [-0.1, -0.05) is 18.2 Å². The minimum atomic E-state index is -0.503. The maximum absolute atomic E-state index is 14.2. The predicted molar refractivity (Wildman–Crippen MR) is 111 cm³/mol. The first-order valence-electron chi connectivity index (χ1n) is 9.59. The Kier molecular flexibility index (Phi) is 5.65. The Morgan fingerprint density at radius 2 is 2.00 bits per heavy atom.